The van der Waals surface area contributed by atoms with Crippen LogP contribution in [0.3, 0.4) is 0 Å². The molecule has 1 fully saturated rings. The molecule has 0 saturated heterocycles. The molecule has 1 aliphatic carbocycles. The number of nitrogens with one attached hydrogen (secondary N) is 1. The summed E-state index contributed by atoms with van der Waals surface area (Å²) < 4.78 is 1.94. The highest BCUT2D eigenvalue weighted by molar-refractivity contribution is 5.78. The minimum atomic E-state index is -0.477. The van der Waals surface area contributed by atoms with Crippen molar-refractivity contribution in [1.82, 2.24) is 15.1 Å². The minimum absolute atomic E-state index is 0.454. The van der Waals surface area contributed by atoms with Crippen molar-refractivity contribution in [2.45, 2.75) is 24.9 Å². The minimum Gasteiger partial charge on any atom is -0.301 e. The van der Waals surface area contributed by atoms with E-state index in [0.717, 1.165) is 23.7 Å². The van der Waals surface area contributed by atoms with Crippen molar-refractivity contribution in [3.05, 3.63) is 30.5 Å². The summed E-state index contributed by atoms with van der Waals surface area (Å²) in [4.78, 5) is 0. The number of rotatable bonds is 4. The van der Waals surface area contributed by atoms with E-state index < -0.39 is 5.54 Å². The van der Waals surface area contributed by atoms with E-state index in [1.807, 2.05) is 42.2 Å². The standard InChI is InChI=1S/C14H16N4/c1-16-14(9-15,12-6-7-12)10-18-13-5-3-2-4-11(13)8-17-18/h2-5,8,12,16H,6-7,10H2,1H3. The van der Waals surface area contributed by atoms with Gasteiger partial charge in [-0.05, 0) is 31.9 Å². The maximum atomic E-state index is 9.50. The van der Waals surface area contributed by atoms with E-state index in [1.165, 1.54) is 0 Å². The van der Waals surface area contributed by atoms with Gasteiger partial charge in [0, 0.05) is 5.39 Å². The van der Waals surface area contributed by atoms with Crippen LogP contribution in [0.25, 0.3) is 10.9 Å². The Morgan fingerprint density at radius 1 is 1.50 bits per heavy atom. The Morgan fingerprint density at radius 2 is 2.28 bits per heavy atom. The number of hydrogen-bond donors (Lipinski definition) is 1. The molecule has 4 nitrogen and oxygen atoms in total. The van der Waals surface area contributed by atoms with E-state index in [1.54, 1.807) is 0 Å². The van der Waals surface area contributed by atoms with Gasteiger partial charge in [0.2, 0.25) is 0 Å². The summed E-state index contributed by atoms with van der Waals surface area (Å²) >= 11 is 0. The predicted octanol–water partition coefficient (Wildman–Crippen LogP) is 1.93. The van der Waals surface area contributed by atoms with E-state index in [4.69, 9.17) is 0 Å². The zero-order valence-electron chi connectivity index (χ0n) is 10.4. The number of hydrogen-bond acceptors (Lipinski definition) is 3. The van der Waals surface area contributed by atoms with Gasteiger partial charge in [-0.3, -0.25) is 4.68 Å². The molecular weight excluding hydrogens is 224 g/mol. The molecule has 0 radical (unpaired) electrons. The summed E-state index contributed by atoms with van der Waals surface area (Å²) in [5.74, 6) is 0.454. The van der Waals surface area contributed by atoms with Crippen molar-refractivity contribution < 1.29 is 0 Å². The Balaban J connectivity index is 1.98. The van der Waals surface area contributed by atoms with Crippen molar-refractivity contribution in [3.8, 4) is 6.07 Å². The maximum absolute atomic E-state index is 9.50. The molecule has 3 rings (SSSR count). The molecule has 1 heterocycles. The third-order valence-electron chi connectivity index (χ3n) is 3.87. The second kappa shape index (κ2) is 4.11. The zero-order valence-corrected chi connectivity index (χ0v) is 10.4. The van der Waals surface area contributed by atoms with Gasteiger partial charge in [-0.1, -0.05) is 18.2 Å². The first-order valence-electron chi connectivity index (χ1n) is 6.30. The fraction of sp³-hybridized carbons (Fsp3) is 0.429. The molecule has 1 N–H and O–H groups in total. The molecule has 0 bridgehead atoms. The smallest absolute Gasteiger partial charge is 0.129 e. The van der Waals surface area contributed by atoms with Crippen molar-refractivity contribution in [1.29, 1.82) is 5.26 Å². The first-order chi connectivity index (χ1) is 8.79. The zero-order chi connectivity index (χ0) is 12.6. The third-order valence-corrected chi connectivity index (χ3v) is 3.87. The number of aromatic nitrogens is 2. The molecule has 2 aromatic rings. The molecule has 0 aliphatic heterocycles. The van der Waals surface area contributed by atoms with Gasteiger partial charge < -0.3 is 5.32 Å². The summed E-state index contributed by atoms with van der Waals surface area (Å²) in [5, 5.41) is 18.2. The summed E-state index contributed by atoms with van der Waals surface area (Å²) in [5.41, 5.74) is 0.613. The number of nitriles is 1. The van der Waals surface area contributed by atoms with E-state index in [9.17, 15) is 5.26 Å². The summed E-state index contributed by atoms with van der Waals surface area (Å²) in [7, 11) is 1.87. The van der Waals surface area contributed by atoms with Gasteiger partial charge >= 0.3 is 0 Å². The second-order valence-corrected chi connectivity index (χ2v) is 4.97. The van der Waals surface area contributed by atoms with Crippen molar-refractivity contribution >= 4 is 10.9 Å². The Morgan fingerprint density at radius 3 is 2.94 bits per heavy atom. The quantitative estimate of drug-likeness (QED) is 0.888. The number of likely N-dealkylation sites (N-methyl/N-ethyl adjacent to an activating group) is 1. The Bertz CT molecular complexity index is 606. The van der Waals surface area contributed by atoms with Crippen molar-refractivity contribution in [3.63, 3.8) is 0 Å². The Kier molecular flexibility index (Phi) is 2.57. The van der Waals surface area contributed by atoms with Crippen LogP contribution in [0.5, 0.6) is 0 Å². The van der Waals surface area contributed by atoms with Gasteiger partial charge in [0.05, 0.1) is 24.3 Å². The number of fused-ring (bicyclic) bond motifs is 1. The van der Waals surface area contributed by atoms with Crippen LogP contribution in [0.2, 0.25) is 0 Å². The molecule has 0 spiro atoms. The molecule has 92 valence electrons. The van der Waals surface area contributed by atoms with Gasteiger partial charge in [0.1, 0.15) is 5.54 Å². The van der Waals surface area contributed by atoms with Gasteiger partial charge in [-0.2, -0.15) is 10.4 Å². The third kappa shape index (κ3) is 1.68. The molecule has 18 heavy (non-hydrogen) atoms. The average Bonchev–Trinajstić information content (AvgIpc) is 3.20. The lowest BCUT2D eigenvalue weighted by molar-refractivity contribution is 0.331. The van der Waals surface area contributed by atoms with Crippen molar-refractivity contribution in [2.24, 2.45) is 5.92 Å². The highest BCUT2D eigenvalue weighted by atomic mass is 15.3. The van der Waals surface area contributed by atoms with Crippen LogP contribution in [0.4, 0.5) is 0 Å². The Labute approximate surface area is 106 Å². The van der Waals surface area contributed by atoms with Crippen LogP contribution in [0.1, 0.15) is 12.8 Å². The molecule has 1 aromatic carbocycles. The first kappa shape index (κ1) is 11.2. The highest BCUT2D eigenvalue weighted by Gasteiger charge is 2.45. The van der Waals surface area contributed by atoms with Gasteiger partial charge in [-0.25, -0.2) is 0 Å². The van der Waals surface area contributed by atoms with Crippen molar-refractivity contribution in [2.75, 3.05) is 7.05 Å². The van der Waals surface area contributed by atoms with E-state index >= 15 is 0 Å². The van der Waals surface area contributed by atoms with Crippen LogP contribution in [0.15, 0.2) is 30.5 Å². The summed E-state index contributed by atoms with van der Waals surface area (Å²) in [6, 6.07) is 10.6. The van der Waals surface area contributed by atoms with Crippen LogP contribution in [0, 0.1) is 17.2 Å². The monoisotopic (exact) mass is 240 g/mol. The Hall–Kier alpha value is -1.86. The molecule has 1 saturated carbocycles. The molecule has 1 aliphatic rings. The first-order valence-corrected chi connectivity index (χ1v) is 6.30. The largest absolute Gasteiger partial charge is 0.301 e. The molecule has 0 amide bonds. The fourth-order valence-electron chi connectivity index (χ4n) is 2.56. The number of nitrogens with zero attached hydrogens (tertiary/aromatic N) is 3. The molecule has 4 heteroatoms. The van der Waals surface area contributed by atoms with E-state index in [0.29, 0.717) is 12.5 Å². The highest BCUT2D eigenvalue weighted by Crippen LogP contribution is 2.40. The average molecular weight is 240 g/mol. The summed E-state index contributed by atoms with van der Waals surface area (Å²) in [6.07, 6.45) is 4.13. The van der Waals surface area contributed by atoms with Gasteiger partial charge in [0.15, 0.2) is 0 Å². The van der Waals surface area contributed by atoms with Gasteiger partial charge in [-0.15, -0.1) is 0 Å². The van der Waals surface area contributed by atoms with Gasteiger partial charge in [0.25, 0.3) is 0 Å². The predicted molar refractivity (Wildman–Crippen MR) is 69.9 cm³/mol. The molecular formula is C14H16N4. The number of para-hydroxylation sites is 1. The normalized spacial score (nSPS) is 18.4. The summed E-state index contributed by atoms with van der Waals surface area (Å²) in [6.45, 7) is 0.609. The lowest BCUT2D eigenvalue weighted by Crippen LogP contribution is -2.47. The van der Waals surface area contributed by atoms with Crippen LogP contribution >= 0.6 is 0 Å². The maximum Gasteiger partial charge on any atom is 0.129 e. The second-order valence-electron chi connectivity index (χ2n) is 4.97. The topological polar surface area (TPSA) is 53.6 Å². The molecule has 1 unspecified atom stereocenters. The molecule has 1 aromatic heterocycles. The van der Waals surface area contributed by atoms with E-state index in [2.05, 4.69) is 16.5 Å². The van der Waals surface area contributed by atoms with Crippen LogP contribution < -0.4 is 5.32 Å². The van der Waals surface area contributed by atoms with E-state index in [-0.39, 0.29) is 0 Å². The van der Waals surface area contributed by atoms with Crippen LogP contribution in [-0.2, 0) is 6.54 Å². The molecule has 1 atom stereocenters. The van der Waals surface area contributed by atoms with Crippen LogP contribution in [-0.4, -0.2) is 22.4 Å². The lowest BCUT2D eigenvalue weighted by atomic mass is 9.95. The SMILES string of the molecule is CNC(C#N)(Cn1ncc2ccccc21)C1CC1. The fourth-order valence-corrected chi connectivity index (χ4v) is 2.56. The lowest BCUT2D eigenvalue weighted by Gasteiger charge is -2.26. The number of benzene rings is 1.